The molecule has 20 heavy (non-hydrogen) atoms. The van der Waals surface area contributed by atoms with E-state index in [2.05, 4.69) is 5.32 Å². The van der Waals surface area contributed by atoms with E-state index in [1.165, 1.54) is 12.8 Å². The minimum atomic E-state index is 0.374. The van der Waals surface area contributed by atoms with E-state index in [-0.39, 0.29) is 0 Å². The maximum absolute atomic E-state index is 9.53. The summed E-state index contributed by atoms with van der Waals surface area (Å²) in [6, 6.07) is 8.68. The second kappa shape index (κ2) is 6.01. The van der Waals surface area contributed by atoms with Crippen LogP contribution in [-0.2, 0) is 0 Å². The summed E-state index contributed by atoms with van der Waals surface area (Å²) in [5.41, 5.74) is 1.05. The molecule has 1 heterocycles. The van der Waals surface area contributed by atoms with Gasteiger partial charge >= 0.3 is 0 Å². The van der Waals surface area contributed by atoms with Crippen LogP contribution < -0.4 is 15.0 Å². The predicted molar refractivity (Wildman–Crippen MR) is 80.2 cm³/mol. The van der Waals surface area contributed by atoms with Gasteiger partial charge in [0.25, 0.3) is 0 Å². The second-order valence-electron chi connectivity index (χ2n) is 5.20. The average molecular weight is 272 g/mol. The van der Waals surface area contributed by atoms with Crippen LogP contribution in [0.2, 0.25) is 0 Å². The van der Waals surface area contributed by atoms with Gasteiger partial charge in [-0.1, -0.05) is 0 Å². The number of aliphatic hydroxyl groups is 1. The van der Waals surface area contributed by atoms with Crippen LogP contribution in [0.15, 0.2) is 48.4 Å². The first-order valence-corrected chi connectivity index (χ1v) is 7.10. The second-order valence-corrected chi connectivity index (χ2v) is 5.20. The molecule has 0 atom stereocenters. The van der Waals surface area contributed by atoms with Crippen LogP contribution in [0.5, 0.6) is 5.75 Å². The molecule has 1 saturated carbocycles. The Labute approximate surface area is 119 Å². The van der Waals surface area contributed by atoms with Crippen molar-refractivity contribution < 1.29 is 9.84 Å². The van der Waals surface area contributed by atoms with Gasteiger partial charge in [0.15, 0.2) is 0 Å². The van der Waals surface area contributed by atoms with E-state index in [1.807, 2.05) is 41.4 Å². The highest BCUT2D eigenvalue weighted by Gasteiger charge is 2.19. The topological polar surface area (TPSA) is 44.7 Å². The fourth-order valence-electron chi connectivity index (χ4n) is 2.17. The third kappa shape index (κ3) is 3.54. The van der Waals surface area contributed by atoms with Gasteiger partial charge in [0.2, 0.25) is 0 Å². The van der Waals surface area contributed by atoms with Crippen molar-refractivity contribution in [1.82, 2.24) is 5.32 Å². The van der Waals surface area contributed by atoms with E-state index >= 15 is 0 Å². The Morgan fingerprint density at radius 3 is 2.75 bits per heavy atom. The number of allylic oxidation sites excluding steroid dienone is 2. The molecule has 1 aliphatic heterocycles. The Morgan fingerprint density at radius 1 is 1.25 bits per heavy atom. The van der Waals surface area contributed by atoms with Crippen LogP contribution in [0.3, 0.4) is 0 Å². The summed E-state index contributed by atoms with van der Waals surface area (Å²) in [4.78, 5) is 1.99. The molecule has 2 N–H and O–H groups in total. The van der Waals surface area contributed by atoms with E-state index in [1.54, 1.807) is 6.08 Å². The summed E-state index contributed by atoms with van der Waals surface area (Å²) < 4.78 is 5.69. The molecule has 1 aliphatic carbocycles. The zero-order valence-electron chi connectivity index (χ0n) is 11.5. The molecule has 0 saturated heterocycles. The average Bonchev–Trinajstić information content (AvgIpc) is 3.28. The van der Waals surface area contributed by atoms with Crippen molar-refractivity contribution >= 4 is 5.69 Å². The van der Waals surface area contributed by atoms with Crippen LogP contribution in [0.1, 0.15) is 12.8 Å². The number of nitrogens with zero attached hydrogens (tertiary/aromatic N) is 1. The van der Waals surface area contributed by atoms with Gasteiger partial charge in [-0.25, -0.2) is 0 Å². The van der Waals surface area contributed by atoms with Crippen molar-refractivity contribution in [3.05, 3.63) is 48.4 Å². The van der Waals surface area contributed by atoms with Crippen LogP contribution in [0.4, 0.5) is 5.69 Å². The molecule has 0 spiro atoms. The molecule has 4 nitrogen and oxygen atoms in total. The quantitative estimate of drug-likeness (QED) is 0.781. The number of rotatable bonds is 6. The van der Waals surface area contributed by atoms with Crippen LogP contribution in [-0.4, -0.2) is 30.8 Å². The number of hydrogen-bond acceptors (Lipinski definition) is 4. The van der Waals surface area contributed by atoms with Crippen molar-refractivity contribution in [2.45, 2.75) is 18.9 Å². The van der Waals surface area contributed by atoms with Gasteiger partial charge in [-0.2, -0.15) is 0 Å². The van der Waals surface area contributed by atoms with Gasteiger partial charge in [0.1, 0.15) is 18.1 Å². The highest BCUT2D eigenvalue weighted by Crippen LogP contribution is 2.22. The van der Waals surface area contributed by atoms with Crippen molar-refractivity contribution in [3.8, 4) is 5.75 Å². The normalized spacial score (nSPS) is 18.0. The highest BCUT2D eigenvalue weighted by molar-refractivity contribution is 5.53. The molecule has 0 bridgehead atoms. The van der Waals surface area contributed by atoms with Gasteiger partial charge in [-0.15, -0.1) is 0 Å². The molecular formula is C16H20N2O2. The molecule has 106 valence electrons. The van der Waals surface area contributed by atoms with Crippen molar-refractivity contribution in [2.24, 2.45) is 0 Å². The summed E-state index contributed by atoms with van der Waals surface area (Å²) in [5.74, 6) is 1.26. The van der Waals surface area contributed by atoms with Gasteiger partial charge < -0.3 is 20.1 Å². The SMILES string of the molecule is OC1=CC=CN(c2ccc(OCCNC3CC3)cc2)C1. The minimum absolute atomic E-state index is 0.374. The smallest absolute Gasteiger partial charge is 0.119 e. The third-order valence-corrected chi connectivity index (χ3v) is 3.44. The Kier molecular flexibility index (Phi) is 3.92. The zero-order valence-corrected chi connectivity index (χ0v) is 11.5. The van der Waals surface area contributed by atoms with Crippen molar-refractivity contribution in [2.75, 3.05) is 24.6 Å². The predicted octanol–water partition coefficient (Wildman–Crippen LogP) is 2.59. The summed E-state index contributed by atoms with van der Waals surface area (Å²) in [6.07, 6.45) is 8.11. The number of benzene rings is 1. The molecule has 3 rings (SSSR count). The number of anilines is 1. The number of aliphatic hydroxyl groups excluding tert-OH is 1. The Bertz CT molecular complexity index is 504. The standard InChI is InChI=1S/C16H20N2O2/c19-15-2-1-10-18(12-15)14-5-7-16(8-6-14)20-11-9-17-13-3-4-13/h1-2,5-8,10,13,17,19H,3-4,9,11-12H2. The lowest BCUT2D eigenvalue weighted by Gasteiger charge is -2.22. The number of hydrogen-bond donors (Lipinski definition) is 2. The van der Waals surface area contributed by atoms with E-state index < -0.39 is 0 Å². The first-order chi connectivity index (χ1) is 9.81. The van der Waals surface area contributed by atoms with Crippen LogP contribution >= 0.6 is 0 Å². The number of nitrogens with one attached hydrogen (secondary N) is 1. The minimum Gasteiger partial charge on any atom is -0.510 e. The Hall–Kier alpha value is -1.94. The molecule has 1 fully saturated rings. The Balaban J connectivity index is 1.49. The molecule has 1 aromatic carbocycles. The maximum atomic E-state index is 9.53. The highest BCUT2D eigenvalue weighted by atomic mass is 16.5. The molecule has 0 unspecified atom stereocenters. The van der Waals surface area contributed by atoms with Gasteiger partial charge in [0.05, 0.1) is 6.54 Å². The van der Waals surface area contributed by atoms with Gasteiger partial charge in [-0.05, 0) is 49.3 Å². The van der Waals surface area contributed by atoms with E-state index in [4.69, 9.17) is 4.74 Å². The van der Waals surface area contributed by atoms with E-state index in [0.717, 1.165) is 24.0 Å². The van der Waals surface area contributed by atoms with Crippen LogP contribution in [0, 0.1) is 0 Å². The van der Waals surface area contributed by atoms with E-state index in [0.29, 0.717) is 18.9 Å². The first-order valence-electron chi connectivity index (χ1n) is 7.10. The molecule has 0 aromatic heterocycles. The summed E-state index contributed by atoms with van der Waals surface area (Å²) in [6.45, 7) is 2.12. The summed E-state index contributed by atoms with van der Waals surface area (Å²) in [5, 5.41) is 12.9. The third-order valence-electron chi connectivity index (χ3n) is 3.44. The zero-order chi connectivity index (χ0) is 13.8. The lowest BCUT2D eigenvalue weighted by molar-refractivity contribution is 0.313. The largest absolute Gasteiger partial charge is 0.510 e. The lowest BCUT2D eigenvalue weighted by atomic mass is 10.2. The van der Waals surface area contributed by atoms with Crippen molar-refractivity contribution in [3.63, 3.8) is 0 Å². The fourth-order valence-corrected chi connectivity index (χ4v) is 2.17. The summed E-state index contributed by atoms with van der Waals surface area (Å²) >= 11 is 0. The molecule has 4 heteroatoms. The molecular weight excluding hydrogens is 252 g/mol. The number of ether oxygens (including phenoxy) is 1. The fraction of sp³-hybridized carbons (Fsp3) is 0.375. The Morgan fingerprint density at radius 2 is 2.05 bits per heavy atom. The van der Waals surface area contributed by atoms with Gasteiger partial charge in [0, 0.05) is 24.5 Å². The van der Waals surface area contributed by atoms with E-state index in [9.17, 15) is 5.11 Å². The lowest BCUT2D eigenvalue weighted by Crippen LogP contribution is -2.23. The van der Waals surface area contributed by atoms with Crippen LogP contribution in [0.25, 0.3) is 0 Å². The first kappa shape index (κ1) is 13.1. The molecule has 0 radical (unpaired) electrons. The monoisotopic (exact) mass is 272 g/mol. The molecule has 2 aliphatic rings. The van der Waals surface area contributed by atoms with Crippen molar-refractivity contribution in [1.29, 1.82) is 0 Å². The summed E-state index contributed by atoms with van der Waals surface area (Å²) in [7, 11) is 0. The molecule has 0 amide bonds. The maximum Gasteiger partial charge on any atom is 0.119 e. The van der Waals surface area contributed by atoms with Gasteiger partial charge in [-0.3, -0.25) is 0 Å². The molecule has 1 aromatic rings.